The number of benzene rings is 1. The van der Waals surface area contributed by atoms with Gasteiger partial charge in [0.05, 0.1) is 0 Å². The third-order valence-corrected chi connectivity index (χ3v) is 3.51. The molecule has 19 heavy (non-hydrogen) atoms. The highest BCUT2D eigenvalue weighted by Crippen LogP contribution is 2.20. The van der Waals surface area contributed by atoms with Gasteiger partial charge in [-0.05, 0) is 52.7 Å². The number of hydrogen-bond donors (Lipinski definition) is 0. The number of aliphatic imine (C=N–C) groups is 1. The maximum atomic E-state index is 11.7. The molecule has 0 atom stereocenters. The topological polar surface area (TPSA) is 38.7 Å². The van der Waals surface area contributed by atoms with Gasteiger partial charge >= 0.3 is 5.97 Å². The van der Waals surface area contributed by atoms with E-state index in [0.29, 0.717) is 16.6 Å². The molecule has 3 nitrogen and oxygen atoms in total. The molecule has 1 aromatic heterocycles. The molecule has 3 rings (SSSR count). The third kappa shape index (κ3) is 2.59. The number of halogens is 1. The van der Waals surface area contributed by atoms with Crippen molar-refractivity contribution in [2.45, 2.75) is 0 Å². The predicted molar refractivity (Wildman–Crippen MR) is 76.4 cm³/mol. The van der Waals surface area contributed by atoms with Gasteiger partial charge in [-0.1, -0.05) is 11.6 Å². The predicted octanol–water partition coefficient (Wildman–Crippen LogP) is 3.75. The van der Waals surface area contributed by atoms with Crippen LogP contribution in [0.5, 0.6) is 0 Å². The van der Waals surface area contributed by atoms with E-state index in [-0.39, 0.29) is 0 Å². The highest BCUT2D eigenvalue weighted by atomic mass is 35.5. The van der Waals surface area contributed by atoms with Crippen LogP contribution in [0.15, 0.2) is 51.8 Å². The molecule has 0 spiro atoms. The summed E-state index contributed by atoms with van der Waals surface area (Å²) in [6.45, 7) is 0. The minimum Gasteiger partial charge on any atom is -0.402 e. The lowest BCUT2D eigenvalue weighted by Crippen LogP contribution is -2.04. The molecular weight excluding hydrogens is 282 g/mol. The van der Waals surface area contributed by atoms with Gasteiger partial charge in [-0.3, -0.25) is 0 Å². The maximum Gasteiger partial charge on any atom is 0.363 e. The molecule has 0 radical (unpaired) electrons. The number of esters is 1. The highest BCUT2D eigenvalue weighted by Gasteiger charge is 2.23. The van der Waals surface area contributed by atoms with Crippen molar-refractivity contribution in [3.8, 4) is 0 Å². The molecule has 2 heterocycles. The monoisotopic (exact) mass is 289 g/mol. The fourth-order valence-corrected chi connectivity index (χ4v) is 2.38. The summed E-state index contributed by atoms with van der Waals surface area (Å²) in [6.07, 6.45) is 1.71. The first kappa shape index (κ1) is 12.1. The Morgan fingerprint density at radius 3 is 2.68 bits per heavy atom. The minimum absolute atomic E-state index is 0.308. The summed E-state index contributed by atoms with van der Waals surface area (Å²) in [5.41, 5.74) is 1.98. The summed E-state index contributed by atoms with van der Waals surface area (Å²) in [4.78, 5) is 15.9. The van der Waals surface area contributed by atoms with Crippen LogP contribution in [-0.2, 0) is 9.53 Å². The molecule has 1 aliphatic rings. The summed E-state index contributed by atoms with van der Waals surface area (Å²) in [6, 6.07) is 8.91. The molecule has 0 aliphatic carbocycles. The number of cyclic esters (lactones) is 1. The Balaban J connectivity index is 1.93. The third-order valence-electron chi connectivity index (χ3n) is 2.56. The van der Waals surface area contributed by atoms with Crippen molar-refractivity contribution in [3.05, 3.63) is 62.9 Å². The molecule has 94 valence electrons. The lowest BCUT2D eigenvalue weighted by Gasteiger charge is -1.98. The molecule has 2 aromatic rings. The first-order valence-electron chi connectivity index (χ1n) is 5.53. The van der Waals surface area contributed by atoms with Gasteiger partial charge in [0.2, 0.25) is 5.90 Å². The van der Waals surface area contributed by atoms with Crippen LogP contribution in [-0.4, -0.2) is 11.9 Å². The van der Waals surface area contributed by atoms with Gasteiger partial charge in [-0.2, -0.15) is 11.3 Å². The molecule has 0 amide bonds. The van der Waals surface area contributed by atoms with Gasteiger partial charge in [0, 0.05) is 10.6 Å². The Hall–Kier alpha value is -1.91. The molecular formula is C14H8ClNO2S. The van der Waals surface area contributed by atoms with E-state index in [1.807, 2.05) is 16.8 Å². The van der Waals surface area contributed by atoms with Crippen LogP contribution in [0.2, 0.25) is 5.02 Å². The van der Waals surface area contributed by atoms with Crippen LogP contribution in [0.4, 0.5) is 0 Å². The van der Waals surface area contributed by atoms with E-state index in [1.54, 1.807) is 41.7 Å². The molecule has 0 saturated carbocycles. The standard InChI is InChI=1S/C14H8ClNO2S/c15-11-3-1-10(2-4-11)13-16-12(14(17)18-13)7-9-5-6-19-8-9/h1-8H/b12-7-. The SMILES string of the molecule is O=C1OC(c2ccc(Cl)cc2)=N/C1=C\c1ccsc1. The van der Waals surface area contributed by atoms with E-state index in [1.165, 1.54) is 0 Å². The van der Waals surface area contributed by atoms with E-state index in [0.717, 1.165) is 11.1 Å². The van der Waals surface area contributed by atoms with Crippen molar-refractivity contribution >= 4 is 40.9 Å². The first-order chi connectivity index (χ1) is 9.22. The normalized spacial score (nSPS) is 16.6. The Kier molecular flexibility index (Phi) is 3.19. The van der Waals surface area contributed by atoms with Gasteiger partial charge in [0.25, 0.3) is 0 Å². The molecule has 1 aliphatic heterocycles. The van der Waals surface area contributed by atoms with Crippen LogP contribution >= 0.6 is 22.9 Å². The molecule has 0 saturated heterocycles. The van der Waals surface area contributed by atoms with Crippen LogP contribution in [0.25, 0.3) is 6.08 Å². The fraction of sp³-hybridized carbons (Fsp3) is 0. The van der Waals surface area contributed by atoms with Crippen LogP contribution < -0.4 is 0 Å². The summed E-state index contributed by atoms with van der Waals surface area (Å²) < 4.78 is 5.15. The summed E-state index contributed by atoms with van der Waals surface area (Å²) >= 11 is 7.38. The average molecular weight is 290 g/mol. The lowest BCUT2D eigenvalue weighted by atomic mass is 10.2. The van der Waals surface area contributed by atoms with Gasteiger partial charge in [-0.15, -0.1) is 0 Å². The van der Waals surface area contributed by atoms with Crippen LogP contribution in [0.1, 0.15) is 11.1 Å². The van der Waals surface area contributed by atoms with E-state index >= 15 is 0 Å². The van der Waals surface area contributed by atoms with Crippen molar-refractivity contribution in [2.24, 2.45) is 4.99 Å². The lowest BCUT2D eigenvalue weighted by molar-refractivity contribution is -0.129. The summed E-state index contributed by atoms with van der Waals surface area (Å²) in [5, 5.41) is 4.51. The average Bonchev–Trinajstić information content (AvgIpc) is 3.02. The van der Waals surface area contributed by atoms with E-state index in [2.05, 4.69) is 4.99 Å². The van der Waals surface area contributed by atoms with Crippen LogP contribution in [0, 0.1) is 0 Å². The smallest absolute Gasteiger partial charge is 0.363 e. The second-order valence-electron chi connectivity index (χ2n) is 3.90. The summed E-state index contributed by atoms with van der Waals surface area (Å²) in [5.74, 6) is -0.126. The molecule has 0 unspecified atom stereocenters. The first-order valence-corrected chi connectivity index (χ1v) is 6.85. The number of thiophene rings is 1. The largest absolute Gasteiger partial charge is 0.402 e. The van der Waals surface area contributed by atoms with Crippen molar-refractivity contribution in [1.29, 1.82) is 0 Å². The Labute approximate surface area is 118 Å². The van der Waals surface area contributed by atoms with Crippen molar-refractivity contribution < 1.29 is 9.53 Å². The van der Waals surface area contributed by atoms with Gasteiger partial charge in [0.15, 0.2) is 5.70 Å². The second-order valence-corrected chi connectivity index (χ2v) is 5.12. The van der Waals surface area contributed by atoms with E-state index in [9.17, 15) is 4.79 Å². The Morgan fingerprint density at radius 1 is 1.21 bits per heavy atom. The molecule has 0 bridgehead atoms. The second kappa shape index (κ2) is 4.99. The van der Waals surface area contributed by atoms with E-state index < -0.39 is 5.97 Å². The number of hydrogen-bond acceptors (Lipinski definition) is 4. The van der Waals surface area contributed by atoms with Crippen molar-refractivity contribution in [3.63, 3.8) is 0 Å². The van der Waals surface area contributed by atoms with Crippen molar-refractivity contribution in [1.82, 2.24) is 0 Å². The Morgan fingerprint density at radius 2 is 2.00 bits per heavy atom. The maximum absolute atomic E-state index is 11.7. The van der Waals surface area contributed by atoms with Gasteiger partial charge < -0.3 is 4.74 Å². The highest BCUT2D eigenvalue weighted by molar-refractivity contribution is 7.08. The quantitative estimate of drug-likeness (QED) is 0.624. The van der Waals surface area contributed by atoms with Gasteiger partial charge in [0.1, 0.15) is 0 Å². The van der Waals surface area contributed by atoms with Gasteiger partial charge in [-0.25, -0.2) is 9.79 Å². The number of carbonyl (C=O) groups excluding carboxylic acids is 1. The molecule has 0 fully saturated rings. The number of carbonyl (C=O) groups is 1. The zero-order valence-electron chi connectivity index (χ0n) is 9.67. The van der Waals surface area contributed by atoms with Crippen molar-refractivity contribution in [2.75, 3.05) is 0 Å². The zero-order valence-corrected chi connectivity index (χ0v) is 11.2. The Bertz CT molecular complexity index is 672. The molecule has 0 N–H and O–H groups in total. The van der Waals surface area contributed by atoms with E-state index in [4.69, 9.17) is 16.3 Å². The number of nitrogens with zero attached hydrogens (tertiary/aromatic N) is 1. The fourth-order valence-electron chi connectivity index (χ4n) is 1.64. The molecule has 5 heteroatoms. The van der Waals surface area contributed by atoms with Crippen LogP contribution in [0.3, 0.4) is 0 Å². The number of rotatable bonds is 2. The zero-order chi connectivity index (χ0) is 13.2. The number of ether oxygens (including phenoxy) is 1. The molecule has 1 aromatic carbocycles. The summed E-state index contributed by atoms with van der Waals surface area (Å²) in [7, 11) is 0. The minimum atomic E-state index is -0.434.